The minimum atomic E-state index is 0.560. The molecule has 2 rings (SSSR count). The molecule has 2 heterocycles. The van der Waals surface area contributed by atoms with Gasteiger partial charge in [0.15, 0.2) is 0 Å². The molecule has 4 heteroatoms. The number of hydrogen-bond acceptors (Lipinski definition) is 3. The van der Waals surface area contributed by atoms with E-state index in [9.17, 15) is 0 Å². The first kappa shape index (κ1) is 10.6. The molecule has 84 valence electrons. The first-order valence-corrected chi connectivity index (χ1v) is 5.79. The summed E-state index contributed by atoms with van der Waals surface area (Å²) in [6.45, 7) is 9.70. The number of aryl methyl sites for hydroxylation is 1. The molecule has 1 aliphatic heterocycles. The second kappa shape index (κ2) is 4.31. The van der Waals surface area contributed by atoms with Crippen molar-refractivity contribution in [3.63, 3.8) is 0 Å². The minimum absolute atomic E-state index is 0.560. The predicted octanol–water partition coefficient (Wildman–Crippen LogP) is 1.32. The Bertz CT molecular complexity index is 323. The quantitative estimate of drug-likeness (QED) is 0.814. The van der Waals surface area contributed by atoms with Crippen molar-refractivity contribution in [2.45, 2.75) is 39.7 Å². The van der Waals surface area contributed by atoms with Gasteiger partial charge < -0.3 is 9.88 Å². The normalized spacial score (nSPS) is 21.5. The molecule has 0 spiro atoms. The second-order valence-corrected chi connectivity index (χ2v) is 4.80. The Morgan fingerprint density at radius 1 is 1.47 bits per heavy atom. The summed E-state index contributed by atoms with van der Waals surface area (Å²) in [6.07, 6.45) is 1.19. The summed E-state index contributed by atoms with van der Waals surface area (Å²) in [7, 11) is 0. The summed E-state index contributed by atoms with van der Waals surface area (Å²) in [5.41, 5.74) is 0. The third-order valence-corrected chi connectivity index (χ3v) is 2.94. The van der Waals surface area contributed by atoms with Crippen LogP contribution in [0.5, 0.6) is 0 Å². The third kappa shape index (κ3) is 2.20. The van der Waals surface area contributed by atoms with Crippen LogP contribution in [0.25, 0.3) is 0 Å². The number of hydrogen-bond donors (Lipinski definition) is 1. The van der Waals surface area contributed by atoms with Gasteiger partial charge in [-0.1, -0.05) is 13.8 Å². The molecule has 1 aromatic heterocycles. The molecule has 1 atom stereocenters. The lowest BCUT2D eigenvalue weighted by atomic mass is 10.1. The summed E-state index contributed by atoms with van der Waals surface area (Å²) < 4.78 is 2.28. The second-order valence-electron chi connectivity index (χ2n) is 4.80. The minimum Gasteiger partial charge on any atom is -0.316 e. The number of aromatic nitrogens is 3. The van der Waals surface area contributed by atoms with E-state index >= 15 is 0 Å². The zero-order chi connectivity index (χ0) is 10.8. The fourth-order valence-corrected chi connectivity index (χ4v) is 2.17. The van der Waals surface area contributed by atoms with Gasteiger partial charge in [-0.15, -0.1) is 10.2 Å². The lowest BCUT2D eigenvalue weighted by Gasteiger charge is -2.14. The fourth-order valence-electron chi connectivity index (χ4n) is 2.17. The Hall–Kier alpha value is -0.900. The van der Waals surface area contributed by atoms with E-state index < -0.39 is 0 Å². The van der Waals surface area contributed by atoms with E-state index in [0.717, 1.165) is 25.5 Å². The Morgan fingerprint density at radius 3 is 2.87 bits per heavy atom. The Kier molecular flexibility index (Phi) is 3.05. The Balaban J connectivity index is 2.22. The van der Waals surface area contributed by atoms with E-state index in [2.05, 4.69) is 33.9 Å². The predicted molar refractivity (Wildman–Crippen MR) is 59.8 cm³/mol. The van der Waals surface area contributed by atoms with Crippen LogP contribution in [-0.2, 0) is 6.54 Å². The van der Waals surface area contributed by atoms with Gasteiger partial charge >= 0.3 is 0 Å². The summed E-state index contributed by atoms with van der Waals surface area (Å²) in [6, 6.07) is 0. The van der Waals surface area contributed by atoms with Gasteiger partial charge in [-0.2, -0.15) is 0 Å². The molecule has 0 saturated carbocycles. The largest absolute Gasteiger partial charge is 0.316 e. The fraction of sp³-hybridized carbons (Fsp3) is 0.818. The molecule has 1 unspecified atom stereocenters. The first-order chi connectivity index (χ1) is 7.18. The summed E-state index contributed by atoms with van der Waals surface area (Å²) in [5, 5.41) is 11.9. The first-order valence-electron chi connectivity index (χ1n) is 5.79. The van der Waals surface area contributed by atoms with Gasteiger partial charge in [-0.25, -0.2) is 0 Å². The van der Waals surface area contributed by atoms with Crippen molar-refractivity contribution >= 4 is 0 Å². The zero-order valence-electron chi connectivity index (χ0n) is 9.82. The van der Waals surface area contributed by atoms with Gasteiger partial charge in [-0.05, 0) is 25.8 Å². The van der Waals surface area contributed by atoms with Crippen LogP contribution in [0.3, 0.4) is 0 Å². The molecule has 0 amide bonds. The summed E-state index contributed by atoms with van der Waals surface area (Å²) >= 11 is 0. The van der Waals surface area contributed by atoms with Crippen molar-refractivity contribution < 1.29 is 0 Å². The molecule has 1 aliphatic rings. The number of nitrogens with one attached hydrogen (secondary N) is 1. The van der Waals surface area contributed by atoms with Crippen LogP contribution in [0.4, 0.5) is 0 Å². The SMILES string of the molecule is Cc1nnc(C2CCNC2)n1CC(C)C. The molecule has 1 aromatic rings. The highest BCUT2D eigenvalue weighted by Gasteiger charge is 2.23. The van der Waals surface area contributed by atoms with E-state index in [1.165, 1.54) is 12.2 Å². The van der Waals surface area contributed by atoms with Crippen molar-refractivity contribution in [2.24, 2.45) is 5.92 Å². The molecule has 1 saturated heterocycles. The molecule has 1 N–H and O–H groups in total. The Morgan fingerprint density at radius 2 is 2.27 bits per heavy atom. The van der Waals surface area contributed by atoms with Crippen LogP contribution in [-0.4, -0.2) is 27.9 Å². The molecule has 0 bridgehead atoms. The van der Waals surface area contributed by atoms with E-state index in [-0.39, 0.29) is 0 Å². The summed E-state index contributed by atoms with van der Waals surface area (Å²) in [4.78, 5) is 0. The van der Waals surface area contributed by atoms with E-state index in [0.29, 0.717) is 11.8 Å². The van der Waals surface area contributed by atoms with Gasteiger partial charge in [-0.3, -0.25) is 0 Å². The Labute approximate surface area is 91.1 Å². The standard InChI is InChI=1S/C11H20N4/c1-8(2)7-15-9(3)13-14-11(15)10-4-5-12-6-10/h8,10,12H,4-7H2,1-3H3. The van der Waals surface area contributed by atoms with Crippen LogP contribution < -0.4 is 5.32 Å². The monoisotopic (exact) mass is 208 g/mol. The number of nitrogens with zero attached hydrogens (tertiary/aromatic N) is 3. The van der Waals surface area contributed by atoms with Crippen molar-refractivity contribution in [1.29, 1.82) is 0 Å². The van der Waals surface area contributed by atoms with Crippen molar-refractivity contribution in [3.05, 3.63) is 11.6 Å². The maximum Gasteiger partial charge on any atom is 0.137 e. The van der Waals surface area contributed by atoms with E-state index in [4.69, 9.17) is 0 Å². The van der Waals surface area contributed by atoms with Crippen LogP contribution in [0.1, 0.15) is 37.8 Å². The van der Waals surface area contributed by atoms with Crippen LogP contribution >= 0.6 is 0 Å². The van der Waals surface area contributed by atoms with Gasteiger partial charge in [0.1, 0.15) is 11.6 Å². The average molecular weight is 208 g/mol. The van der Waals surface area contributed by atoms with Crippen LogP contribution in [0, 0.1) is 12.8 Å². The average Bonchev–Trinajstić information content (AvgIpc) is 2.76. The van der Waals surface area contributed by atoms with E-state index in [1.807, 2.05) is 6.92 Å². The maximum atomic E-state index is 4.32. The highest BCUT2D eigenvalue weighted by atomic mass is 15.3. The smallest absolute Gasteiger partial charge is 0.137 e. The van der Waals surface area contributed by atoms with Gasteiger partial charge in [0.2, 0.25) is 0 Å². The molecular weight excluding hydrogens is 188 g/mol. The molecule has 4 nitrogen and oxygen atoms in total. The van der Waals surface area contributed by atoms with Gasteiger partial charge in [0.05, 0.1) is 0 Å². The zero-order valence-corrected chi connectivity index (χ0v) is 9.82. The van der Waals surface area contributed by atoms with Gasteiger partial charge in [0, 0.05) is 19.0 Å². The van der Waals surface area contributed by atoms with Crippen molar-refractivity contribution in [2.75, 3.05) is 13.1 Å². The molecule has 0 aliphatic carbocycles. The molecule has 0 radical (unpaired) electrons. The van der Waals surface area contributed by atoms with Gasteiger partial charge in [0.25, 0.3) is 0 Å². The summed E-state index contributed by atoms with van der Waals surface area (Å²) in [5.74, 6) is 3.43. The highest BCUT2D eigenvalue weighted by Crippen LogP contribution is 2.21. The third-order valence-electron chi connectivity index (χ3n) is 2.94. The van der Waals surface area contributed by atoms with Crippen molar-refractivity contribution in [3.8, 4) is 0 Å². The topological polar surface area (TPSA) is 42.7 Å². The number of rotatable bonds is 3. The molecular formula is C11H20N4. The van der Waals surface area contributed by atoms with Crippen LogP contribution in [0.15, 0.2) is 0 Å². The lowest BCUT2D eigenvalue weighted by Crippen LogP contribution is -2.15. The molecule has 0 aromatic carbocycles. The van der Waals surface area contributed by atoms with E-state index in [1.54, 1.807) is 0 Å². The molecule has 15 heavy (non-hydrogen) atoms. The van der Waals surface area contributed by atoms with Crippen LogP contribution in [0.2, 0.25) is 0 Å². The lowest BCUT2D eigenvalue weighted by molar-refractivity contribution is 0.484. The van der Waals surface area contributed by atoms with Crippen molar-refractivity contribution in [1.82, 2.24) is 20.1 Å². The highest BCUT2D eigenvalue weighted by molar-refractivity contribution is 5.04. The maximum absolute atomic E-state index is 4.32. The molecule has 1 fully saturated rings.